The van der Waals surface area contributed by atoms with Gasteiger partial charge in [0.15, 0.2) is 0 Å². The van der Waals surface area contributed by atoms with Gasteiger partial charge in [0.25, 0.3) is 0 Å². The molecule has 2 bridgehead atoms. The van der Waals surface area contributed by atoms with E-state index in [4.69, 9.17) is 31.5 Å². The van der Waals surface area contributed by atoms with Gasteiger partial charge in [-0.05, 0) is 42.8 Å². The van der Waals surface area contributed by atoms with Crippen molar-refractivity contribution in [2.24, 2.45) is 5.73 Å². The Labute approximate surface area is 224 Å². The van der Waals surface area contributed by atoms with Crippen LogP contribution in [-0.4, -0.2) is 71.9 Å². The van der Waals surface area contributed by atoms with Crippen LogP contribution in [0.1, 0.15) is 12.8 Å². The van der Waals surface area contributed by atoms with Gasteiger partial charge in [-0.15, -0.1) is 0 Å². The van der Waals surface area contributed by atoms with Gasteiger partial charge in [0, 0.05) is 42.7 Å². The van der Waals surface area contributed by atoms with Crippen molar-refractivity contribution in [3.05, 3.63) is 65.7 Å². The molecule has 200 valence electrons. The van der Waals surface area contributed by atoms with E-state index in [2.05, 4.69) is 20.2 Å². The van der Waals surface area contributed by atoms with Crippen LogP contribution in [0.15, 0.2) is 54.9 Å². The maximum Gasteiger partial charge on any atom is 0.241 e. The first-order chi connectivity index (χ1) is 18.4. The summed E-state index contributed by atoms with van der Waals surface area (Å²) in [7, 11) is 0. The smallest absolute Gasteiger partial charge is 0.241 e. The van der Waals surface area contributed by atoms with Gasteiger partial charge in [-0.1, -0.05) is 17.7 Å². The molecule has 4 heterocycles. The van der Waals surface area contributed by atoms with Crippen molar-refractivity contribution >= 4 is 39.9 Å². The van der Waals surface area contributed by atoms with E-state index in [1.807, 2.05) is 24.3 Å². The van der Waals surface area contributed by atoms with E-state index in [0.717, 1.165) is 55.8 Å². The van der Waals surface area contributed by atoms with Gasteiger partial charge in [0.2, 0.25) is 5.91 Å². The van der Waals surface area contributed by atoms with E-state index in [9.17, 15) is 9.18 Å². The number of nitrogens with zero attached hydrogens (tertiary/aromatic N) is 3. The minimum absolute atomic E-state index is 0.0535. The van der Waals surface area contributed by atoms with E-state index < -0.39 is 5.82 Å². The van der Waals surface area contributed by atoms with E-state index >= 15 is 0 Å². The molecule has 0 radical (unpaired) electrons. The van der Waals surface area contributed by atoms with Crippen molar-refractivity contribution in [1.82, 2.24) is 14.9 Å². The number of primary amides is 1. The number of hydrogen-bond donors (Lipinski definition) is 2. The van der Waals surface area contributed by atoms with Gasteiger partial charge in [-0.3, -0.25) is 9.69 Å². The minimum atomic E-state index is -0.461. The number of hydrogen-bond acceptors (Lipinski definition) is 8. The lowest BCUT2D eigenvalue weighted by Gasteiger charge is -2.24. The zero-order chi connectivity index (χ0) is 26.5. The molecular formula is C27H29ClFN5O4. The Morgan fingerprint density at radius 1 is 1.26 bits per heavy atom. The first-order valence-electron chi connectivity index (χ1n) is 12.5. The molecule has 9 nitrogen and oxygen atoms in total. The summed E-state index contributed by atoms with van der Waals surface area (Å²) < 4.78 is 30.0. The molecule has 3 aliphatic rings. The number of halogens is 2. The van der Waals surface area contributed by atoms with Crippen LogP contribution in [0.2, 0.25) is 5.02 Å². The lowest BCUT2D eigenvalue weighted by atomic mass is 10.2. The number of fused-ring (bicyclic) bond motifs is 3. The largest absolute Gasteiger partial charge is 0.488 e. The number of aromatic nitrogens is 2. The maximum absolute atomic E-state index is 13.3. The first-order valence-corrected chi connectivity index (χ1v) is 12.9. The monoisotopic (exact) mass is 541 g/mol. The van der Waals surface area contributed by atoms with Crippen LogP contribution in [0.25, 0.3) is 10.9 Å². The molecule has 1 amide bonds. The molecule has 3 fully saturated rings. The van der Waals surface area contributed by atoms with Crippen LogP contribution in [-0.2, 0) is 14.3 Å². The molecule has 3 N–H and O–H groups in total. The van der Waals surface area contributed by atoms with Crippen LogP contribution in [0.3, 0.4) is 0 Å². The lowest BCUT2D eigenvalue weighted by Crippen LogP contribution is -2.36. The van der Waals surface area contributed by atoms with Crippen molar-refractivity contribution in [2.45, 2.75) is 31.1 Å². The van der Waals surface area contributed by atoms with Gasteiger partial charge in [-0.2, -0.15) is 0 Å². The van der Waals surface area contributed by atoms with Crippen molar-refractivity contribution in [2.75, 3.05) is 38.2 Å². The Bertz CT molecular complexity index is 1320. The second kappa shape index (κ2) is 12.0. The fourth-order valence-electron chi connectivity index (χ4n) is 4.73. The molecule has 3 aromatic rings. The minimum Gasteiger partial charge on any atom is -0.488 e. The standard InChI is InChI=1S/C18H15ClFN3O2.C9H14N2O2/c19-15-7-11(1-4-16(15)20)23-18-14-3-2-12(8-17(14)21-10-22-18)25-13-5-6-24-9-13;10-9(12)2-1-3-11-5-8-4-7(11)6-13-8/h1-4,7-8,10,13H,5-6,9H2,(H,21,22,23);1-2,7-8H,3-6H2,(H2,10,12)/b;2-1+. The number of anilines is 2. The zero-order valence-electron chi connectivity index (χ0n) is 20.7. The molecular weight excluding hydrogens is 513 g/mol. The molecule has 6 rings (SSSR count). The molecule has 3 unspecified atom stereocenters. The highest BCUT2D eigenvalue weighted by Crippen LogP contribution is 2.29. The first kappa shape index (κ1) is 26.3. The Morgan fingerprint density at radius 3 is 2.87 bits per heavy atom. The predicted molar refractivity (Wildman–Crippen MR) is 142 cm³/mol. The molecule has 0 aliphatic carbocycles. The highest BCUT2D eigenvalue weighted by atomic mass is 35.5. The Kier molecular flexibility index (Phi) is 8.33. The summed E-state index contributed by atoms with van der Waals surface area (Å²) in [6, 6.07) is 10.6. The van der Waals surface area contributed by atoms with Crippen molar-refractivity contribution in [1.29, 1.82) is 0 Å². The summed E-state index contributed by atoms with van der Waals surface area (Å²) in [5, 5.41) is 4.03. The highest BCUT2D eigenvalue weighted by molar-refractivity contribution is 6.31. The van der Waals surface area contributed by atoms with Crippen LogP contribution in [0.4, 0.5) is 15.9 Å². The molecule has 38 heavy (non-hydrogen) atoms. The summed E-state index contributed by atoms with van der Waals surface area (Å²) in [4.78, 5) is 21.3. The molecule has 3 saturated heterocycles. The average Bonchev–Trinajstić information content (AvgIpc) is 3.66. The Morgan fingerprint density at radius 2 is 2.16 bits per heavy atom. The number of morpholine rings is 1. The van der Waals surface area contributed by atoms with Crippen LogP contribution < -0.4 is 15.8 Å². The van der Waals surface area contributed by atoms with Crippen molar-refractivity contribution in [3.63, 3.8) is 0 Å². The summed E-state index contributed by atoms with van der Waals surface area (Å²) in [5.74, 6) is 0.527. The number of amides is 1. The molecule has 3 atom stereocenters. The number of carbonyl (C=O) groups is 1. The van der Waals surface area contributed by atoms with E-state index in [0.29, 0.717) is 30.3 Å². The van der Waals surface area contributed by atoms with Crippen LogP contribution in [0.5, 0.6) is 5.75 Å². The van der Waals surface area contributed by atoms with Crippen molar-refractivity contribution in [3.8, 4) is 5.75 Å². The summed E-state index contributed by atoms with van der Waals surface area (Å²) in [6.07, 6.45) is 7.25. The number of likely N-dealkylation sites (tertiary alicyclic amines) is 1. The number of rotatable bonds is 7. The Hall–Kier alpha value is -3.31. The van der Waals surface area contributed by atoms with Gasteiger partial charge >= 0.3 is 0 Å². The van der Waals surface area contributed by atoms with E-state index in [1.165, 1.54) is 24.5 Å². The van der Waals surface area contributed by atoms with Gasteiger partial charge in [0.1, 0.15) is 29.8 Å². The second-order valence-corrected chi connectivity index (χ2v) is 9.77. The highest BCUT2D eigenvalue weighted by Gasteiger charge is 2.38. The average molecular weight is 542 g/mol. The number of nitrogens with one attached hydrogen (secondary N) is 1. The topological polar surface area (TPSA) is 112 Å². The fourth-order valence-corrected chi connectivity index (χ4v) is 4.91. The summed E-state index contributed by atoms with van der Waals surface area (Å²) in [5.41, 5.74) is 6.38. The molecule has 1 aromatic heterocycles. The third-order valence-electron chi connectivity index (χ3n) is 6.62. The molecule has 3 aliphatic heterocycles. The number of benzene rings is 2. The van der Waals surface area contributed by atoms with E-state index in [-0.39, 0.29) is 17.0 Å². The normalized spacial score (nSPS) is 22.5. The molecule has 0 saturated carbocycles. The third kappa shape index (κ3) is 6.57. The van der Waals surface area contributed by atoms with Gasteiger partial charge in [0.05, 0.1) is 36.5 Å². The lowest BCUT2D eigenvalue weighted by molar-refractivity contribution is -0.113. The zero-order valence-corrected chi connectivity index (χ0v) is 21.4. The number of carbonyl (C=O) groups excluding carboxylic acids is 1. The number of ether oxygens (including phenoxy) is 3. The molecule has 11 heteroatoms. The quantitative estimate of drug-likeness (QED) is 0.434. The van der Waals surface area contributed by atoms with Gasteiger partial charge in [-0.25, -0.2) is 14.4 Å². The van der Waals surface area contributed by atoms with Crippen LogP contribution >= 0.6 is 11.6 Å². The van der Waals surface area contributed by atoms with Crippen molar-refractivity contribution < 1.29 is 23.4 Å². The number of nitrogens with two attached hydrogens (primary N) is 1. The van der Waals surface area contributed by atoms with E-state index in [1.54, 1.807) is 6.07 Å². The summed E-state index contributed by atoms with van der Waals surface area (Å²) in [6.45, 7) is 3.99. The Balaban J connectivity index is 0.000000190. The van der Waals surface area contributed by atoms with Gasteiger partial charge < -0.3 is 25.3 Å². The fraction of sp³-hybridized carbons (Fsp3) is 0.370. The molecule has 2 aromatic carbocycles. The van der Waals surface area contributed by atoms with Crippen LogP contribution in [0, 0.1) is 5.82 Å². The predicted octanol–water partition coefficient (Wildman–Crippen LogP) is 3.83. The maximum atomic E-state index is 13.3. The third-order valence-corrected chi connectivity index (χ3v) is 6.91. The summed E-state index contributed by atoms with van der Waals surface area (Å²) >= 11 is 5.83. The SMILES string of the molecule is Fc1ccc(Nc2ncnc3cc(OC4CCOC4)ccc23)cc1Cl.NC(=O)/C=C/CN1CC2CC1CO2. The molecule has 0 spiro atoms. The second-order valence-electron chi connectivity index (χ2n) is 9.36.